The van der Waals surface area contributed by atoms with Crippen LogP contribution in [-0.2, 0) is 19.2 Å². The van der Waals surface area contributed by atoms with Crippen molar-refractivity contribution in [2.75, 3.05) is 20.2 Å². The predicted molar refractivity (Wildman–Crippen MR) is 121 cm³/mol. The standard InChI is InChI=1S/C17H21FN4O4.C5H7NO4/c1-11-4-3-8-21-15(23)7-9-20(17(25)22(11)21)19-16(24)12-5-6-14(26-2)13(18)10-12;7-2-4(6-3-8)1-5(9)10/h5-6,10-11H,3-4,7-9H2,1-2H3,(H,19,24);2-4H,1H2,(H,6,8)(H,9,10). The summed E-state index contributed by atoms with van der Waals surface area (Å²) in [4.78, 5) is 67.1. The monoisotopic (exact) mass is 509 g/mol. The lowest BCUT2D eigenvalue weighted by Crippen LogP contribution is -2.60. The lowest BCUT2D eigenvalue weighted by molar-refractivity contribution is -0.149. The van der Waals surface area contributed by atoms with Crippen molar-refractivity contribution in [1.82, 2.24) is 25.8 Å². The van der Waals surface area contributed by atoms with E-state index in [4.69, 9.17) is 9.84 Å². The van der Waals surface area contributed by atoms with Crippen LogP contribution in [0.4, 0.5) is 9.18 Å². The zero-order valence-corrected chi connectivity index (χ0v) is 19.8. The van der Waals surface area contributed by atoms with Gasteiger partial charge in [-0.2, -0.15) is 0 Å². The SMILES string of the molecule is COc1ccc(C(=O)NN2CCC(=O)N3CCCC(C)N3C2=O)cc1F.O=CNC(C=O)CC(=O)O. The quantitative estimate of drug-likeness (QED) is 0.421. The normalized spacial score (nSPS) is 18.1. The third-order valence-electron chi connectivity index (χ3n) is 5.42. The first-order chi connectivity index (χ1) is 17.1. The van der Waals surface area contributed by atoms with Crippen LogP contribution in [0.25, 0.3) is 0 Å². The predicted octanol–water partition coefficient (Wildman–Crippen LogP) is 0.307. The number of amides is 5. The average Bonchev–Trinajstić information content (AvgIpc) is 2.96. The van der Waals surface area contributed by atoms with Crippen LogP contribution >= 0.6 is 0 Å². The molecule has 36 heavy (non-hydrogen) atoms. The number of carboxylic acid groups (broad SMARTS) is 1. The molecule has 2 atom stereocenters. The van der Waals surface area contributed by atoms with Gasteiger partial charge >= 0.3 is 12.0 Å². The third-order valence-corrected chi connectivity index (χ3v) is 5.42. The van der Waals surface area contributed by atoms with Crippen molar-refractivity contribution in [2.24, 2.45) is 0 Å². The van der Waals surface area contributed by atoms with E-state index in [1.54, 1.807) is 0 Å². The van der Waals surface area contributed by atoms with Gasteiger partial charge < -0.3 is 20.0 Å². The Bertz CT molecular complexity index is 1010. The number of fused-ring (bicyclic) bond motifs is 1. The molecule has 0 aromatic heterocycles. The maximum atomic E-state index is 13.8. The van der Waals surface area contributed by atoms with Gasteiger partial charge in [0.05, 0.1) is 32.2 Å². The summed E-state index contributed by atoms with van der Waals surface area (Å²) in [7, 11) is 1.33. The first-order valence-corrected chi connectivity index (χ1v) is 11.0. The Morgan fingerprint density at radius 2 is 2.00 bits per heavy atom. The van der Waals surface area contributed by atoms with E-state index in [0.29, 0.717) is 19.2 Å². The van der Waals surface area contributed by atoms with Crippen LogP contribution in [0.15, 0.2) is 18.2 Å². The van der Waals surface area contributed by atoms with Crippen molar-refractivity contribution in [3.8, 4) is 5.75 Å². The Morgan fingerprint density at radius 3 is 2.58 bits per heavy atom. The van der Waals surface area contributed by atoms with Gasteiger partial charge in [-0.3, -0.25) is 24.6 Å². The van der Waals surface area contributed by atoms with E-state index in [1.807, 2.05) is 12.2 Å². The lowest BCUT2D eigenvalue weighted by Gasteiger charge is -2.42. The summed E-state index contributed by atoms with van der Waals surface area (Å²) in [5, 5.41) is 14.1. The molecule has 196 valence electrons. The molecule has 2 heterocycles. The number of carboxylic acids is 1. The number of aldehydes is 1. The summed E-state index contributed by atoms with van der Waals surface area (Å²) in [6.07, 6.45) is 2.01. The average molecular weight is 509 g/mol. The molecule has 1 aromatic carbocycles. The Balaban J connectivity index is 0.000000388. The van der Waals surface area contributed by atoms with Crippen molar-refractivity contribution in [3.63, 3.8) is 0 Å². The van der Waals surface area contributed by atoms with Crippen LogP contribution in [0.1, 0.15) is 43.0 Å². The van der Waals surface area contributed by atoms with Gasteiger partial charge in [0.2, 0.25) is 12.3 Å². The highest BCUT2D eigenvalue weighted by atomic mass is 19.1. The van der Waals surface area contributed by atoms with Gasteiger partial charge in [0, 0.05) is 18.5 Å². The second-order valence-electron chi connectivity index (χ2n) is 7.95. The van der Waals surface area contributed by atoms with Crippen LogP contribution in [0.3, 0.4) is 0 Å². The molecule has 0 bridgehead atoms. The summed E-state index contributed by atoms with van der Waals surface area (Å²) in [6, 6.07) is 2.27. The molecule has 0 radical (unpaired) electrons. The number of nitrogens with zero attached hydrogens (tertiary/aromatic N) is 3. The zero-order chi connectivity index (χ0) is 26.8. The largest absolute Gasteiger partial charge is 0.494 e. The Morgan fingerprint density at radius 1 is 1.28 bits per heavy atom. The number of halogens is 1. The van der Waals surface area contributed by atoms with E-state index < -0.39 is 29.8 Å². The molecule has 0 saturated carbocycles. The number of hydrogen-bond acceptors (Lipinski definition) is 7. The first-order valence-electron chi connectivity index (χ1n) is 11.0. The van der Waals surface area contributed by atoms with Gasteiger partial charge in [0.25, 0.3) is 5.91 Å². The number of nitrogens with one attached hydrogen (secondary N) is 2. The number of carbonyl (C=O) groups is 6. The van der Waals surface area contributed by atoms with Crippen LogP contribution in [-0.4, -0.2) is 88.9 Å². The molecule has 3 rings (SSSR count). The minimum Gasteiger partial charge on any atom is -0.494 e. The number of hydrogen-bond donors (Lipinski definition) is 3. The molecule has 1 aromatic rings. The minimum atomic E-state index is -1.12. The zero-order valence-electron chi connectivity index (χ0n) is 19.8. The van der Waals surface area contributed by atoms with Crippen molar-refractivity contribution in [1.29, 1.82) is 0 Å². The van der Waals surface area contributed by atoms with E-state index in [2.05, 4.69) is 5.43 Å². The van der Waals surface area contributed by atoms with Gasteiger partial charge in [0.15, 0.2) is 11.6 Å². The Kier molecular flexibility index (Phi) is 10.1. The summed E-state index contributed by atoms with van der Waals surface area (Å²) in [5.41, 5.74) is 2.53. The van der Waals surface area contributed by atoms with Crippen molar-refractivity contribution in [2.45, 2.75) is 44.7 Å². The molecule has 2 aliphatic heterocycles. The van der Waals surface area contributed by atoms with Crippen LogP contribution in [0, 0.1) is 5.82 Å². The van der Waals surface area contributed by atoms with E-state index in [9.17, 15) is 33.2 Å². The molecule has 0 aliphatic carbocycles. The topological polar surface area (TPSA) is 166 Å². The highest BCUT2D eigenvalue weighted by Crippen LogP contribution is 2.23. The number of hydrazine groups is 2. The van der Waals surface area contributed by atoms with E-state index >= 15 is 0 Å². The fraction of sp³-hybridized carbons (Fsp3) is 0.455. The first kappa shape index (κ1) is 28.0. The van der Waals surface area contributed by atoms with Gasteiger partial charge in [-0.25, -0.2) is 24.2 Å². The van der Waals surface area contributed by atoms with E-state index in [0.717, 1.165) is 23.9 Å². The number of urea groups is 1. The van der Waals surface area contributed by atoms with Crippen molar-refractivity contribution >= 4 is 36.5 Å². The molecule has 14 heteroatoms. The molecular formula is C22H28FN5O8. The summed E-state index contributed by atoms with van der Waals surface area (Å²) < 4.78 is 18.6. The molecule has 13 nitrogen and oxygen atoms in total. The number of rotatable bonds is 8. The van der Waals surface area contributed by atoms with Crippen LogP contribution in [0.5, 0.6) is 5.75 Å². The van der Waals surface area contributed by atoms with Gasteiger partial charge in [0.1, 0.15) is 6.29 Å². The second kappa shape index (κ2) is 13.0. The number of aliphatic carboxylic acids is 1. The highest BCUT2D eigenvalue weighted by Gasteiger charge is 2.39. The molecule has 2 unspecified atom stereocenters. The van der Waals surface area contributed by atoms with Gasteiger partial charge in [-0.05, 0) is 38.0 Å². The van der Waals surface area contributed by atoms with Gasteiger partial charge in [-0.15, -0.1) is 0 Å². The number of methoxy groups -OCH3 is 1. The summed E-state index contributed by atoms with van der Waals surface area (Å²) in [5.74, 6) is -2.56. The van der Waals surface area contributed by atoms with Crippen LogP contribution < -0.4 is 15.5 Å². The van der Waals surface area contributed by atoms with Gasteiger partial charge in [-0.1, -0.05) is 0 Å². The fourth-order valence-electron chi connectivity index (χ4n) is 3.62. The number of ether oxygens (including phenoxy) is 1. The van der Waals surface area contributed by atoms with Crippen molar-refractivity contribution in [3.05, 3.63) is 29.6 Å². The molecule has 2 fully saturated rings. The van der Waals surface area contributed by atoms with E-state index in [1.165, 1.54) is 29.3 Å². The molecule has 5 amide bonds. The second-order valence-corrected chi connectivity index (χ2v) is 7.95. The van der Waals surface area contributed by atoms with Crippen LogP contribution in [0.2, 0.25) is 0 Å². The smallest absolute Gasteiger partial charge is 0.357 e. The number of carbonyl (C=O) groups excluding carboxylic acids is 5. The number of benzene rings is 1. The molecule has 2 aliphatic rings. The summed E-state index contributed by atoms with van der Waals surface area (Å²) in [6.45, 7) is 2.41. The Hall–Kier alpha value is -4.23. The molecular weight excluding hydrogens is 481 g/mol. The molecule has 2 saturated heterocycles. The highest BCUT2D eigenvalue weighted by molar-refractivity contribution is 5.96. The maximum Gasteiger partial charge on any atom is 0.357 e. The fourth-order valence-corrected chi connectivity index (χ4v) is 3.62. The van der Waals surface area contributed by atoms with E-state index in [-0.39, 0.29) is 42.6 Å². The maximum absolute atomic E-state index is 13.8. The molecule has 0 spiro atoms. The Labute approximate surface area is 206 Å². The third kappa shape index (κ3) is 7.13. The minimum absolute atomic E-state index is 0.0239. The summed E-state index contributed by atoms with van der Waals surface area (Å²) >= 11 is 0. The molecule has 3 N–H and O–H groups in total. The van der Waals surface area contributed by atoms with Crippen molar-refractivity contribution < 1.29 is 43.0 Å². The lowest BCUT2D eigenvalue weighted by atomic mass is 10.1.